The summed E-state index contributed by atoms with van der Waals surface area (Å²) in [7, 11) is 8.23. The first-order valence-electron chi connectivity index (χ1n) is 8.45. The number of methoxy groups -OCH3 is 3. The third kappa shape index (κ3) is 22.3. The second-order valence-electron chi connectivity index (χ2n) is 5.70. The largest absolute Gasteiger partial charge is 0.520 e. The van der Waals surface area contributed by atoms with Crippen molar-refractivity contribution in [3.05, 3.63) is 0 Å². The molecule has 0 aromatic carbocycles. The molecule has 0 bridgehead atoms. The van der Waals surface area contributed by atoms with Gasteiger partial charge >= 0.3 is 17.9 Å². The van der Waals surface area contributed by atoms with Crippen LogP contribution in [0.25, 0.3) is 0 Å². The molecule has 3 atom stereocenters. The van der Waals surface area contributed by atoms with E-state index in [-0.39, 0.29) is 99.6 Å². The van der Waals surface area contributed by atoms with E-state index in [2.05, 4.69) is 14.2 Å². The van der Waals surface area contributed by atoms with Gasteiger partial charge in [-0.2, -0.15) is 19.2 Å². The summed E-state index contributed by atoms with van der Waals surface area (Å²) in [4.78, 5) is 65.2. The molecule has 0 fully saturated rings. The number of nitrogens with zero attached hydrogens (tertiary/aromatic N) is 3. The van der Waals surface area contributed by atoms with Crippen molar-refractivity contribution in [1.29, 1.82) is 0 Å². The number of carbonyl (C=O) groups is 3. The minimum absolute atomic E-state index is 0. The summed E-state index contributed by atoms with van der Waals surface area (Å²) in [5.74, 6) is -1.32. The molecule has 0 heterocycles. The van der Waals surface area contributed by atoms with Crippen LogP contribution in [0.2, 0.25) is 0 Å². The molecule has 0 saturated heterocycles. The van der Waals surface area contributed by atoms with Gasteiger partial charge in [0.1, 0.15) is 0 Å². The summed E-state index contributed by atoms with van der Waals surface area (Å²) in [5.41, 5.74) is 0. The van der Waals surface area contributed by atoms with E-state index in [1.807, 2.05) is 0 Å². The Hall–Kier alpha value is 0.132. The molecule has 0 spiro atoms. The molecule has 33 heavy (non-hydrogen) atoms. The smallest absolute Gasteiger partial charge is 0.325 e. The number of amides is 3. The Morgan fingerprint density at radius 3 is 0.818 bits per heavy atom. The summed E-state index contributed by atoms with van der Waals surface area (Å²) < 4.78 is 13.1. The number of hydrogen-bond donors (Lipinski definition) is 0. The molecule has 1 unspecified atom stereocenters. The van der Waals surface area contributed by atoms with Crippen LogP contribution >= 0.6 is 0 Å². The van der Waals surface area contributed by atoms with Crippen molar-refractivity contribution in [2.75, 3.05) is 42.5 Å². The Kier molecular flexibility index (Phi) is 39.9. The van der Waals surface area contributed by atoms with Crippen LogP contribution in [0, 0.1) is 0 Å². The predicted molar refractivity (Wildman–Crippen MR) is 107 cm³/mol. The molecule has 12 nitrogen and oxygen atoms in total. The average molecular weight is 702 g/mol. The van der Waals surface area contributed by atoms with E-state index >= 15 is 0 Å². The Morgan fingerprint density at radius 1 is 0.576 bits per heavy atom. The van der Waals surface area contributed by atoms with Crippen molar-refractivity contribution < 1.29 is 143 Å². The van der Waals surface area contributed by atoms with Gasteiger partial charge in [-0.1, -0.05) is 0 Å². The minimum Gasteiger partial charge on any atom is -0.520 e. The van der Waals surface area contributed by atoms with E-state index in [0.29, 0.717) is 0 Å². The molecular weight excluding hydrogens is 669 g/mol. The molecule has 0 aliphatic rings. The number of esters is 3. The second-order valence-corrected chi connectivity index (χ2v) is 5.70. The van der Waals surface area contributed by atoms with E-state index in [1.54, 1.807) is 40.0 Å². The third-order valence-corrected chi connectivity index (χ3v) is 3.80. The molecule has 0 aliphatic carbocycles. The maximum Gasteiger partial charge on any atom is 0.325 e. The molecule has 0 rings (SSSR count). The van der Waals surface area contributed by atoms with Crippen molar-refractivity contribution in [2.24, 2.45) is 0 Å². The summed E-state index contributed by atoms with van der Waals surface area (Å²) in [5, 5.41) is 0. The molecule has 0 aromatic rings. The van der Waals surface area contributed by atoms with Crippen molar-refractivity contribution >= 4 is 37.1 Å². The first-order valence-corrected chi connectivity index (χ1v) is 8.45. The van der Waals surface area contributed by atoms with Crippen LogP contribution in [0.15, 0.2) is 0 Å². The van der Waals surface area contributed by atoms with Gasteiger partial charge in [-0.05, 0) is 41.9 Å². The zero-order chi connectivity index (χ0) is 24.4. The number of rotatable bonds is 9. The maximum atomic E-state index is 10.7. The number of ether oxygens (including phenoxy) is 3. The summed E-state index contributed by atoms with van der Waals surface area (Å²) >= 11 is 0. The molecule has 15 heteroatoms. The molecule has 185 valence electrons. The van der Waals surface area contributed by atoms with Crippen molar-refractivity contribution in [3.63, 3.8) is 0 Å². The fourth-order valence-corrected chi connectivity index (χ4v) is 1.22. The van der Waals surface area contributed by atoms with Gasteiger partial charge in [0.05, 0.1) is 39.5 Å². The van der Waals surface area contributed by atoms with Gasteiger partial charge in [0, 0.05) is 99.6 Å². The van der Waals surface area contributed by atoms with Gasteiger partial charge in [-0.25, -0.2) is 14.4 Å². The zero-order valence-corrected chi connectivity index (χ0v) is 29.0. The molecule has 0 aromatic heterocycles. The van der Waals surface area contributed by atoms with Gasteiger partial charge in [-0.15, -0.1) is 0 Å². The van der Waals surface area contributed by atoms with Gasteiger partial charge in [-0.3, -0.25) is 0 Å². The summed E-state index contributed by atoms with van der Waals surface area (Å²) in [6.07, 6.45) is 4.69. The first kappa shape index (κ1) is 46.5. The van der Waals surface area contributed by atoms with Crippen LogP contribution in [-0.2, 0) is 141 Å². The van der Waals surface area contributed by atoms with E-state index in [9.17, 15) is 28.8 Å². The third-order valence-electron chi connectivity index (χ3n) is 3.80. The second kappa shape index (κ2) is 28.4. The average Bonchev–Trinajstić information content (AvgIpc) is 2.79. The van der Waals surface area contributed by atoms with E-state index in [0.717, 1.165) is 14.7 Å². The quantitative estimate of drug-likeness (QED) is 0.127. The van der Waals surface area contributed by atoms with Crippen LogP contribution in [-0.4, -0.2) is 112 Å². The standard InChI is InChI=1S/3C6H10NO3.3Y.H2/c3*1-5(6(9)10-3)7(2)4-8;;;;/h3*5H,1-3H3;;;;1H/q3*-1;;;;/t2*5-;;;;;/m10...../s1/i;;;;;;1+1. The minimum atomic E-state index is -0.553. The van der Waals surface area contributed by atoms with Crippen LogP contribution in [0.4, 0.5) is 0 Å². The SMILES string of the molecule is COC(=O)C(C)N(C)[C-]=O.COC(=O)[C@@H](C)N(C)[C-]=O.COC(=O)[C@H](C)N(C)[C-]=O.[2HH].[Y].[Y].[Y]. The predicted octanol–water partition coefficient (Wildman–Crippen LogP) is -1.12. The van der Waals surface area contributed by atoms with E-state index in [4.69, 9.17) is 0 Å². The zero-order valence-electron chi connectivity index (χ0n) is 20.5. The van der Waals surface area contributed by atoms with Crippen molar-refractivity contribution in [2.45, 2.75) is 38.9 Å². The van der Waals surface area contributed by atoms with Crippen LogP contribution in [0.3, 0.4) is 0 Å². The van der Waals surface area contributed by atoms with E-state index in [1.165, 1.54) is 42.5 Å². The maximum absolute atomic E-state index is 10.7. The fraction of sp³-hybridized carbons (Fsp3) is 0.667. The van der Waals surface area contributed by atoms with Gasteiger partial charge in [0.25, 0.3) is 0 Å². The van der Waals surface area contributed by atoms with Crippen LogP contribution in [0.5, 0.6) is 0 Å². The molecule has 0 aliphatic heterocycles. The topological polar surface area (TPSA) is 140 Å². The first-order chi connectivity index (χ1) is 13.9. The number of carbonyl (C=O) groups excluding carboxylic acids is 6. The van der Waals surface area contributed by atoms with Gasteiger partial charge < -0.3 is 43.3 Å². The molecule has 3 amide bonds. The molecule has 0 N–H and O–H groups in total. The van der Waals surface area contributed by atoms with E-state index < -0.39 is 36.0 Å². The monoisotopic (exact) mass is 702 g/mol. The number of likely N-dealkylation sites (N-methyl/N-ethyl adjacent to an activating group) is 3. The van der Waals surface area contributed by atoms with Gasteiger partial charge in [0.15, 0.2) is 0 Å². The van der Waals surface area contributed by atoms with Crippen molar-refractivity contribution in [3.8, 4) is 0 Å². The Labute approximate surface area is 272 Å². The Morgan fingerprint density at radius 2 is 0.727 bits per heavy atom. The Balaban J connectivity index is -0.0000000607. The van der Waals surface area contributed by atoms with Gasteiger partial charge in [0.2, 0.25) is 0 Å². The molecule has 0 saturated carbocycles. The Bertz CT molecular complexity index is 502. The van der Waals surface area contributed by atoms with Crippen LogP contribution in [0.1, 0.15) is 22.2 Å². The molecular formula is C18H32N3O9Y3-3. The van der Waals surface area contributed by atoms with Crippen LogP contribution < -0.4 is 0 Å². The molecule has 3 radical (unpaired) electrons. The fourth-order valence-electron chi connectivity index (χ4n) is 1.22. The summed E-state index contributed by atoms with van der Waals surface area (Å²) in [6.45, 7) is 4.70. The van der Waals surface area contributed by atoms with Crippen molar-refractivity contribution in [1.82, 2.24) is 14.7 Å². The number of hydrogen-bond acceptors (Lipinski definition) is 9. The summed E-state index contributed by atoms with van der Waals surface area (Å²) in [6, 6.07) is -1.66. The normalized spacial score (nSPS) is 10.8.